The molecule has 0 aromatic heterocycles. The van der Waals surface area contributed by atoms with Crippen LogP contribution in [0.4, 0.5) is 4.39 Å². The number of hydrogen-bond acceptors (Lipinski definition) is 3. The van der Waals surface area contributed by atoms with Crippen molar-refractivity contribution in [2.24, 2.45) is 5.92 Å². The van der Waals surface area contributed by atoms with Gasteiger partial charge in [-0.25, -0.2) is 12.8 Å². The summed E-state index contributed by atoms with van der Waals surface area (Å²) in [6, 6.07) is 10.9. The van der Waals surface area contributed by atoms with Gasteiger partial charge in [0.15, 0.2) is 0 Å². The quantitative estimate of drug-likeness (QED) is 0.798. The van der Waals surface area contributed by atoms with E-state index in [1.807, 2.05) is 0 Å². The van der Waals surface area contributed by atoms with Crippen molar-refractivity contribution in [3.63, 3.8) is 0 Å². The summed E-state index contributed by atoms with van der Waals surface area (Å²) >= 11 is 6.07. The standard InChI is InChI=1S/C20H22ClFN2O3S/c1-14-8-9-17(11-18(14)21)28(26,27)24-10-4-6-16(13-24)20(25)23-12-15-5-2-3-7-19(15)22/h2-3,5,7-9,11,16H,4,6,10,12-13H2,1H3,(H,23,25)/t16-/m1/s1. The number of carbonyl (C=O) groups is 1. The Bertz CT molecular complexity index is 981. The van der Waals surface area contributed by atoms with Gasteiger partial charge in [0, 0.05) is 30.2 Å². The molecule has 1 heterocycles. The highest BCUT2D eigenvalue weighted by Crippen LogP contribution is 2.27. The summed E-state index contributed by atoms with van der Waals surface area (Å²) in [5.41, 5.74) is 1.19. The van der Waals surface area contributed by atoms with Crippen molar-refractivity contribution in [3.05, 3.63) is 64.4 Å². The van der Waals surface area contributed by atoms with Crippen LogP contribution < -0.4 is 5.32 Å². The summed E-state index contributed by atoms with van der Waals surface area (Å²) in [6.45, 7) is 2.32. The van der Waals surface area contributed by atoms with E-state index in [4.69, 9.17) is 11.6 Å². The number of halogens is 2. The number of carbonyl (C=O) groups excluding carboxylic acids is 1. The van der Waals surface area contributed by atoms with E-state index in [9.17, 15) is 17.6 Å². The minimum atomic E-state index is -3.73. The topological polar surface area (TPSA) is 66.5 Å². The lowest BCUT2D eigenvalue weighted by atomic mass is 9.98. The van der Waals surface area contributed by atoms with Gasteiger partial charge in [-0.05, 0) is 43.5 Å². The molecule has 0 unspecified atom stereocenters. The number of piperidine rings is 1. The van der Waals surface area contributed by atoms with E-state index < -0.39 is 15.9 Å². The predicted molar refractivity (Wildman–Crippen MR) is 106 cm³/mol. The van der Waals surface area contributed by atoms with Crippen molar-refractivity contribution in [2.45, 2.75) is 31.2 Å². The predicted octanol–water partition coefficient (Wildman–Crippen LogP) is 3.50. The SMILES string of the molecule is Cc1ccc(S(=O)(=O)N2CCC[C@@H](C(=O)NCc3ccccc3F)C2)cc1Cl. The molecular weight excluding hydrogens is 403 g/mol. The Balaban J connectivity index is 1.68. The second kappa shape index (κ2) is 8.59. The molecule has 0 aliphatic carbocycles. The Hall–Kier alpha value is -1.96. The van der Waals surface area contributed by atoms with Crippen LogP contribution in [0.5, 0.6) is 0 Å². The molecule has 1 N–H and O–H groups in total. The third-order valence-corrected chi connectivity index (χ3v) is 7.22. The summed E-state index contributed by atoms with van der Waals surface area (Å²) in [7, 11) is -3.73. The molecule has 1 aliphatic rings. The number of rotatable bonds is 5. The number of benzene rings is 2. The first-order chi connectivity index (χ1) is 13.3. The van der Waals surface area contributed by atoms with Crippen LogP contribution in [-0.4, -0.2) is 31.7 Å². The van der Waals surface area contributed by atoms with Crippen LogP contribution in [-0.2, 0) is 21.4 Å². The van der Waals surface area contributed by atoms with Crippen LogP contribution in [0.3, 0.4) is 0 Å². The zero-order chi connectivity index (χ0) is 20.3. The Morgan fingerprint density at radius 3 is 2.75 bits per heavy atom. The number of amides is 1. The average molecular weight is 425 g/mol. The molecule has 0 bridgehead atoms. The van der Waals surface area contributed by atoms with E-state index in [2.05, 4.69) is 5.32 Å². The maximum Gasteiger partial charge on any atom is 0.243 e. The van der Waals surface area contributed by atoms with Crippen LogP contribution in [0.15, 0.2) is 47.4 Å². The normalized spacial score (nSPS) is 18.0. The number of sulfonamides is 1. The van der Waals surface area contributed by atoms with Crippen molar-refractivity contribution >= 4 is 27.5 Å². The zero-order valence-corrected chi connectivity index (χ0v) is 17.1. The fraction of sp³-hybridized carbons (Fsp3) is 0.350. The monoisotopic (exact) mass is 424 g/mol. The van der Waals surface area contributed by atoms with Gasteiger partial charge in [-0.1, -0.05) is 35.9 Å². The molecule has 1 fully saturated rings. The van der Waals surface area contributed by atoms with Crippen LogP contribution in [0.1, 0.15) is 24.0 Å². The van der Waals surface area contributed by atoms with Gasteiger partial charge in [0.2, 0.25) is 15.9 Å². The van der Waals surface area contributed by atoms with Gasteiger partial charge in [0.1, 0.15) is 5.82 Å². The second-order valence-electron chi connectivity index (χ2n) is 6.92. The number of nitrogens with zero attached hydrogens (tertiary/aromatic N) is 1. The lowest BCUT2D eigenvalue weighted by Crippen LogP contribution is -2.45. The highest BCUT2D eigenvalue weighted by atomic mass is 35.5. The Labute approximate surface area is 169 Å². The van der Waals surface area contributed by atoms with Gasteiger partial charge in [-0.3, -0.25) is 4.79 Å². The summed E-state index contributed by atoms with van der Waals surface area (Å²) in [6.07, 6.45) is 1.17. The van der Waals surface area contributed by atoms with Gasteiger partial charge >= 0.3 is 0 Å². The molecule has 28 heavy (non-hydrogen) atoms. The van der Waals surface area contributed by atoms with Crippen LogP contribution in [0.2, 0.25) is 5.02 Å². The molecular formula is C20H22ClFN2O3S. The van der Waals surface area contributed by atoms with Gasteiger partial charge in [-0.2, -0.15) is 4.31 Å². The minimum Gasteiger partial charge on any atom is -0.352 e. The van der Waals surface area contributed by atoms with Crippen molar-refractivity contribution in [1.29, 1.82) is 0 Å². The van der Waals surface area contributed by atoms with Gasteiger partial charge in [-0.15, -0.1) is 0 Å². The lowest BCUT2D eigenvalue weighted by molar-refractivity contribution is -0.126. The fourth-order valence-electron chi connectivity index (χ4n) is 3.23. The minimum absolute atomic E-state index is 0.0718. The molecule has 1 atom stereocenters. The van der Waals surface area contributed by atoms with Crippen molar-refractivity contribution < 1.29 is 17.6 Å². The summed E-state index contributed by atoms with van der Waals surface area (Å²) in [5, 5.41) is 3.10. The van der Waals surface area contributed by atoms with E-state index >= 15 is 0 Å². The average Bonchev–Trinajstić information content (AvgIpc) is 2.69. The smallest absolute Gasteiger partial charge is 0.243 e. The molecule has 1 aliphatic heterocycles. The third-order valence-electron chi connectivity index (χ3n) is 4.95. The van der Waals surface area contributed by atoms with E-state index in [1.165, 1.54) is 22.5 Å². The highest BCUT2D eigenvalue weighted by Gasteiger charge is 2.33. The van der Waals surface area contributed by atoms with Gasteiger partial charge < -0.3 is 5.32 Å². The lowest BCUT2D eigenvalue weighted by Gasteiger charge is -2.31. The highest BCUT2D eigenvalue weighted by molar-refractivity contribution is 7.89. The molecule has 1 saturated heterocycles. The van der Waals surface area contributed by atoms with Crippen LogP contribution in [0.25, 0.3) is 0 Å². The third kappa shape index (κ3) is 4.54. The zero-order valence-electron chi connectivity index (χ0n) is 15.5. The Morgan fingerprint density at radius 2 is 2.04 bits per heavy atom. The summed E-state index contributed by atoms with van der Waals surface area (Å²) in [5.74, 6) is -1.13. The van der Waals surface area contributed by atoms with Crippen molar-refractivity contribution in [2.75, 3.05) is 13.1 Å². The number of aryl methyl sites for hydroxylation is 1. The summed E-state index contributed by atoms with van der Waals surface area (Å²) in [4.78, 5) is 12.6. The molecule has 1 amide bonds. The van der Waals surface area contributed by atoms with E-state index in [1.54, 1.807) is 31.2 Å². The Morgan fingerprint density at radius 1 is 1.29 bits per heavy atom. The molecule has 150 valence electrons. The maximum absolute atomic E-state index is 13.7. The van der Waals surface area contributed by atoms with Crippen LogP contribution >= 0.6 is 11.6 Å². The molecule has 2 aromatic carbocycles. The Kier molecular flexibility index (Phi) is 6.37. The maximum atomic E-state index is 13.7. The first kappa shape index (κ1) is 20.8. The van der Waals surface area contributed by atoms with Gasteiger partial charge in [0.25, 0.3) is 0 Å². The first-order valence-electron chi connectivity index (χ1n) is 9.06. The molecule has 0 spiro atoms. The molecule has 8 heteroatoms. The van der Waals surface area contributed by atoms with Gasteiger partial charge in [0.05, 0.1) is 10.8 Å². The number of nitrogens with one attached hydrogen (secondary N) is 1. The summed E-state index contributed by atoms with van der Waals surface area (Å²) < 4.78 is 40.9. The van der Waals surface area contributed by atoms with Crippen molar-refractivity contribution in [3.8, 4) is 0 Å². The molecule has 0 radical (unpaired) electrons. The molecule has 3 rings (SSSR count). The van der Waals surface area contributed by atoms with E-state index in [0.717, 1.165) is 5.56 Å². The second-order valence-corrected chi connectivity index (χ2v) is 9.27. The van der Waals surface area contributed by atoms with Crippen molar-refractivity contribution in [1.82, 2.24) is 9.62 Å². The largest absolute Gasteiger partial charge is 0.352 e. The number of hydrogen-bond donors (Lipinski definition) is 1. The van der Waals surface area contributed by atoms with E-state index in [0.29, 0.717) is 30.0 Å². The molecule has 2 aromatic rings. The first-order valence-corrected chi connectivity index (χ1v) is 10.9. The van der Waals surface area contributed by atoms with Crippen LogP contribution in [0, 0.1) is 18.7 Å². The fourth-order valence-corrected chi connectivity index (χ4v) is 5.02. The molecule has 0 saturated carbocycles. The van der Waals surface area contributed by atoms with E-state index in [-0.39, 0.29) is 29.7 Å². The molecule has 5 nitrogen and oxygen atoms in total.